The van der Waals surface area contributed by atoms with Gasteiger partial charge in [0.2, 0.25) is 0 Å². The lowest BCUT2D eigenvalue weighted by Crippen LogP contribution is -2.13. The van der Waals surface area contributed by atoms with Crippen LogP contribution in [0.1, 0.15) is 48.5 Å². The van der Waals surface area contributed by atoms with Crippen molar-refractivity contribution >= 4 is 0 Å². The Balaban J connectivity index is 1.54. The maximum atomic E-state index is 5.18. The van der Waals surface area contributed by atoms with Crippen LogP contribution < -0.4 is 10.1 Å². The number of ether oxygens (including phenoxy) is 1. The van der Waals surface area contributed by atoms with E-state index in [2.05, 4.69) is 35.3 Å². The highest BCUT2D eigenvalue weighted by molar-refractivity contribution is 5.27. The maximum Gasteiger partial charge on any atom is 0.118 e. The van der Waals surface area contributed by atoms with Gasteiger partial charge in [0.1, 0.15) is 5.75 Å². The fraction of sp³-hybridized carbons (Fsp3) is 0.500. The zero-order valence-corrected chi connectivity index (χ0v) is 13.5. The summed E-state index contributed by atoms with van der Waals surface area (Å²) in [6.45, 7) is 3.83. The summed E-state index contributed by atoms with van der Waals surface area (Å²) in [6.07, 6.45) is 7.47. The molecule has 0 spiro atoms. The van der Waals surface area contributed by atoms with E-state index in [1.54, 1.807) is 7.11 Å². The molecule has 4 nitrogen and oxygen atoms in total. The van der Waals surface area contributed by atoms with Crippen molar-refractivity contribution in [1.29, 1.82) is 0 Å². The summed E-state index contributed by atoms with van der Waals surface area (Å²) in [5.74, 6) is 0.900. The number of aryl methyl sites for hydroxylation is 1. The third kappa shape index (κ3) is 3.50. The van der Waals surface area contributed by atoms with Gasteiger partial charge in [0.15, 0.2) is 0 Å². The lowest BCUT2D eigenvalue weighted by molar-refractivity contribution is 0.414. The first kappa shape index (κ1) is 15.1. The highest BCUT2D eigenvalue weighted by Gasteiger charge is 2.18. The van der Waals surface area contributed by atoms with E-state index in [0.29, 0.717) is 6.04 Å². The quantitative estimate of drug-likeness (QED) is 0.885. The summed E-state index contributed by atoms with van der Waals surface area (Å²) in [6, 6.07) is 8.82. The zero-order chi connectivity index (χ0) is 15.4. The van der Waals surface area contributed by atoms with Crippen LogP contribution in [0.2, 0.25) is 0 Å². The Hall–Kier alpha value is -1.81. The maximum absolute atomic E-state index is 5.18. The highest BCUT2D eigenvalue weighted by Crippen LogP contribution is 2.29. The van der Waals surface area contributed by atoms with Gasteiger partial charge in [0.05, 0.1) is 18.8 Å². The summed E-state index contributed by atoms with van der Waals surface area (Å²) < 4.78 is 7.37. The number of hydrogen-bond donors (Lipinski definition) is 1. The van der Waals surface area contributed by atoms with Gasteiger partial charge in [-0.1, -0.05) is 25.0 Å². The van der Waals surface area contributed by atoms with E-state index in [4.69, 9.17) is 9.84 Å². The van der Waals surface area contributed by atoms with Crippen molar-refractivity contribution in [3.05, 3.63) is 47.3 Å². The molecule has 0 unspecified atom stereocenters. The van der Waals surface area contributed by atoms with Gasteiger partial charge in [-0.3, -0.25) is 4.68 Å². The molecule has 4 heteroatoms. The number of benzene rings is 1. The molecule has 1 aromatic heterocycles. The minimum Gasteiger partial charge on any atom is -0.497 e. The van der Waals surface area contributed by atoms with E-state index in [0.717, 1.165) is 24.5 Å². The van der Waals surface area contributed by atoms with Crippen LogP contribution in [-0.4, -0.2) is 16.9 Å². The molecule has 0 bridgehead atoms. The monoisotopic (exact) mass is 299 g/mol. The fourth-order valence-corrected chi connectivity index (χ4v) is 3.13. The van der Waals surface area contributed by atoms with E-state index in [-0.39, 0.29) is 0 Å². The van der Waals surface area contributed by atoms with Gasteiger partial charge < -0.3 is 10.1 Å². The predicted molar refractivity (Wildman–Crippen MR) is 88.0 cm³/mol. The molecule has 1 fully saturated rings. The smallest absolute Gasteiger partial charge is 0.118 e. The lowest BCUT2D eigenvalue weighted by Gasteiger charge is -2.08. The van der Waals surface area contributed by atoms with Gasteiger partial charge in [-0.05, 0) is 37.5 Å². The summed E-state index contributed by atoms with van der Waals surface area (Å²) in [5.41, 5.74) is 3.72. The molecule has 1 aromatic carbocycles. The molecule has 22 heavy (non-hydrogen) atoms. The number of rotatable bonds is 6. The average molecular weight is 299 g/mol. The topological polar surface area (TPSA) is 39.1 Å². The molecule has 0 aliphatic heterocycles. The van der Waals surface area contributed by atoms with Crippen LogP contribution in [0.15, 0.2) is 30.5 Å². The Morgan fingerprint density at radius 1 is 1.18 bits per heavy atom. The first-order valence-corrected chi connectivity index (χ1v) is 8.14. The molecule has 0 radical (unpaired) electrons. The Kier molecular flexibility index (Phi) is 4.78. The number of nitrogens with one attached hydrogen (secondary N) is 1. The Bertz CT molecular complexity index is 597. The molecule has 0 saturated heterocycles. The van der Waals surface area contributed by atoms with Crippen LogP contribution in [0.25, 0.3) is 0 Å². The molecule has 1 heterocycles. The Morgan fingerprint density at radius 3 is 2.59 bits per heavy atom. The van der Waals surface area contributed by atoms with Crippen molar-refractivity contribution in [2.75, 3.05) is 7.11 Å². The normalized spacial score (nSPS) is 15.4. The summed E-state index contributed by atoms with van der Waals surface area (Å²) in [5, 5.41) is 8.21. The van der Waals surface area contributed by atoms with Crippen molar-refractivity contribution in [3.8, 4) is 5.75 Å². The van der Waals surface area contributed by atoms with Crippen molar-refractivity contribution in [3.63, 3.8) is 0 Å². The molecular weight excluding hydrogens is 274 g/mol. The van der Waals surface area contributed by atoms with E-state index in [1.165, 1.54) is 36.8 Å². The van der Waals surface area contributed by atoms with Gasteiger partial charge in [0, 0.05) is 24.8 Å². The molecule has 1 aliphatic rings. The predicted octanol–water partition coefficient (Wildman–Crippen LogP) is 3.61. The number of aromatic nitrogens is 2. The minimum atomic E-state index is 0.619. The summed E-state index contributed by atoms with van der Waals surface area (Å²) >= 11 is 0. The van der Waals surface area contributed by atoms with Crippen LogP contribution >= 0.6 is 0 Å². The Labute approximate surface area is 132 Å². The second-order valence-corrected chi connectivity index (χ2v) is 6.11. The summed E-state index contributed by atoms with van der Waals surface area (Å²) in [4.78, 5) is 0. The average Bonchev–Trinajstić information content (AvgIpc) is 3.18. The molecule has 1 saturated carbocycles. The largest absolute Gasteiger partial charge is 0.497 e. The molecule has 1 N–H and O–H groups in total. The number of hydrogen-bond acceptors (Lipinski definition) is 3. The standard InChI is InChI=1S/C18H25N3O/c1-14-16(13-21(20-14)17-5-3-4-6-17)12-19-11-15-7-9-18(22-2)10-8-15/h7-10,13,17,19H,3-6,11-12H2,1-2H3. The highest BCUT2D eigenvalue weighted by atomic mass is 16.5. The van der Waals surface area contributed by atoms with Crippen molar-refractivity contribution in [2.45, 2.75) is 51.7 Å². The Morgan fingerprint density at radius 2 is 1.91 bits per heavy atom. The minimum absolute atomic E-state index is 0.619. The number of methoxy groups -OCH3 is 1. The zero-order valence-electron chi connectivity index (χ0n) is 13.5. The third-order valence-electron chi connectivity index (χ3n) is 4.52. The van der Waals surface area contributed by atoms with Gasteiger partial charge >= 0.3 is 0 Å². The van der Waals surface area contributed by atoms with Crippen LogP contribution in [0.5, 0.6) is 5.75 Å². The SMILES string of the molecule is COc1ccc(CNCc2cn(C3CCCC3)nc2C)cc1. The van der Waals surface area contributed by atoms with Gasteiger partial charge in [0.25, 0.3) is 0 Å². The number of nitrogens with zero attached hydrogens (tertiary/aromatic N) is 2. The molecule has 2 aromatic rings. The first-order chi connectivity index (χ1) is 10.8. The molecular formula is C18H25N3O. The van der Waals surface area contributed by atoms with Gasteiger partial charge in [-0.25, -0.2) is 0 Å². The second kappa shape index (κ2) is 6.97. The van der Waals surface area contributed by atoms with Crippen molar-refractivity contribution < 1.29 is 4.74 Å². The van der Waals surface area contributed by atoms with Gasteiger partial charge in [-0.15, -0.1) is 0 Å². The summed E-state index contributed by atoms with van der Waals surface area (Å²) in [7, 11) is 1.69. The lowest BCUT2D eigenvalue weighted by atomic mass is 10.2. The van der Waals surface area contributed by atoms with Crippen LogP contribution in [0.4, 0.5) is 0 Å². The van der Waals surface area contributed by atoms with Crippen molar-refractivity contribution in [2.24, 2.45) is 0 Å². The van der Waals surface area contributed by atoms with Crippen LogP contribution in [-0.2, 0) is 13.1 Å². The first-order valence-electron chi connectivity index (χ1n) is 8.14. The van der Waals surface area contributed by atoms with E-state index >= 15 is 0 Å². The molecule has 0 atom stereocenters. The van der Waals surface area contributed by atoms with Crippen LogP contribution in [0, 0.1) is 6.92 Å². The van der Waals surface area contributed by atoms with E-state index < -0.39 is 0 Å². The molecule has 0 amide bonds. The van der Waals surface area contributed by atoms with Crippen molar-refractivity contribution in [1.82, 2.24) is 15.1 Å². The fourth-order valence-electron chi connectivity index (χ4n) is 3.13. The molecule has 118 valence electrons. The van der Waals surface area contributed by atoms with E-state index in [9.17, 15) is 0 Å². The molecule has 3 rings (SSSR count). The second-order valence-electron chi connectivity index (χ2n) is 6.11. The van der Waals surface area contributed by atoms with Crippen LogP contribution in [0.3, 0.4) is 0 Å². The van der Waals surface area contributed by atoms with E-state index in [1.807, 2.05) is 12.1 Å². The van der Waals surface area contributed by atoms with Gasteiger partial charge in [-0.2, -0.15) is 5.10 Å². The molecule has 1 aliphatic carbocycles. The third-order valence-corrected chi connectivity index (χ3v) is 4.52.